The van der Waals surface area contributed by atoms with Crippen molar-refractivity contribution in [3.63, 3.8) is 0 Å². The van der Waals surface area contributed by atoms with Gasteiger partial charge in [0.25, 0.3) is 0 Å². The van der Waals surface area contributed by atoms with Crippen LogP contribution in [0.15, 0.2) is 4.99 Å². The van der Waals surface area contributed by atoms with Gasteiger partial charge in [-0.25, -0.2) is 4.99 Å². The highest BCUT2D eigenvalue weighted by atomic mass is 35.5. The molecule has 2 N–H and O–H groups in total. The molecule has 0 spiro atoms. The van der Waals surface area contributed by atoms with Gasteiger partial charge in [-0.3, -0.25) is 5.10 Å². The summed E-state index contributed by atoms with van der Waals surface area (Å²) in [6.45, 7) is 1.89. The molecule has 1 aromatic heterocycles. The molecule has 6 heteroatoms. The molecule has 0 bridgehead atoms. The van der Waals surface area contributed by atoms with E-state index in [9.17, 15) is 0 Å². The lowest BCUT2D eigenvalue weighted by molar-refractivity contribution is 0.990. The third kappa shape index (κ3) is 1.07. The summed E-state index contributed by atoms with van der Waals surface area (Å²) in [6.07, 6.45) is 0. The third-order valence-corrected chi connectivity index (χ3v) is 2.19. The van der Waals surface area contributed by atoms with Crippen molar-refractivity contribution >= 4 is 34.3 Å². The molecule has 4 nitrogen and oxygen atoms in total. The summed E-state index contributed by atoms with van der Waals surface area (Å²) < 4.78 is 0. The Morgan fingerprint density at radius 1 is 1.50 bits per heavy atom. The zero-order valence-corrected chi connectivity index (χ0v) is 7.74. The summed E-state index contributed by atoms with van der Waals surface area (Å²) >= 11 is 11.6. The summed E-state index contributed by atoms with van der Waals surface area (Å²) in [5.41, 5.74) is 1.33. The molecule has 1 aliphatic heterocycles. The van der Waals surface area contributed by atoms with E-state index in [0.717, 1.165) is 11.3 Å². The minimum absolute atomic E-state index is 0.272. The van der Waals surface area contributed by atoms with E-state index in [1.54, 1.807) is 0 Å². The van der Waals surface area contributed by atoms with Crippen LogP contribution in [-0.2, 0) is 0 Å². The van der Waals surface area contributed by atoms with Gasteiger partial charge in [0.15, 0.2) is 16.6 Å². The van der Waals surface area contributed by atoms with E-state index in [-0.39, 0.29) is 5.29 Å². The SMILES string of the molecule is Cc1[nH]nc2c1C(Cl)N=C(Cl)N2. The number of aromatic amines is 1. The average Bonchev–Trinajstić information content (AvgIpc) is 2.31. The number of amidine groups is 1. The highest BCUT2D eigenvalue weighted by molar-refractivity contribution is 6.67. The van der Waals surface area contributed by atoms with Crippen molar-refractivity contribution in [1.29, 1.82) is 0 Å². The number of halogens is 2. The average molecular weight is 205 g/mol. The van der Waals surface area contributed by atoms with Crippen molar-refractivity contribution in [2.45, 2.75) is 12.4 Å². The van der Waals surface area contributed by atoms with Gasteiger partial charge in [0.1, 0.15) is 0 Å². The number of nitrogens with zero attached hydrogens (tertiary/aromatic N) is 2. The molecule has 1 atom stereocenters. The Hall–Kier alpha value is -0.740. The van der Waals surface area contributed by atoms with Crippen molar-refractivity contribution in [2.75, 3.05) is 5.32 Å². The lowest BCUT2D eigenvalue weighted by Crippen LogP contribution is -2.13. The van der Waals surface area contributed by atoms with Crippen LogP contribution in [0.2, 0.25) is 0 Å². The van der Waals surface area contributed by atoms with Crippen LogP contribution in [0.1, 0.15) is 16.8 Å². The number of aliphatic imine (C=N–C) groups is 1. The number of hydrogen-bond donors (Lipinski definition) is 2. The largest absolute Gasteiger partial charge is 0.313 e. The number of rotatable bonds is 0. The van der Waals surface area contributed by atoms with E-state index in [1.807, 2.05) is 6.92 Å². The van der Waals surface area contributed by atoms with Gasteiger partial charge in [-0.05, 0) is 18.5 Å². The molecule has 0 aromatic carbocycles. The summed E-state index contributed by atoms with van der Waals surface area (Å²) in [6, 6.07) is 0. The van der Waals surface area contributed by atoms with Crippen LogP contribution in [0.4, 0.5) is 5.82 Å². The first-order chi connectivity index (χ1) is 5.68. The maximum absolute atomic E-state index is 5.92. The van der Waals surface area contributed by atoms with Crippen LogP contribution < -0.4 is 5.32 Å². The van der Waals surface area contributed by atoms with E-state index in [2.05, 4.69) is 20.5 Å². The predicted octanol–water partition coefficient (Wildman–Crippen LogP) is 1.98. The lowest BCUT2D eigenvalue weighted by Gasteiger charge is -2.13. The highest BCUT2D eigenvalue weighted by Crippen LogP contribution is 2.33. The first kappa shape index (κ1) is 7.89. The second-order valence-corrected chi connectivity index (χ2v) is 3.26. The Morgan fingerprint density at radius 3 is 3.00 bits per heavy atom. The van der Waals surface area contributed by atoms with Gasteiger partial charge >= 0.3 is 0 Å². The second-order valence-electron chi connectivity index (χ2n) is 2.49. The number of anilines is 1. The van der Waals surface area contributed by atoms with Crippen molar-refractivity contribution in [1.82, 2.24) is 10.2 Å². The third-order valence-electron chi connectivity index (χ3n) is 1.68. The quantitative estimate of drug-likeness (QED) is 0.502. The number of aryl methyl sites for hydroxylation is 1. The van der Waals surface area contributed by atoms with Crippen molar-refractivity contribution in [2.24, 2.45) is 4.99 Å². The molecule has 0 fully saturated rings. The molecule has 1 aliphatic rings. The molecule has 0 saturated heterocycles. The summed E-state index contributed by atoms with van der Waals surface area (Å²) in [5, 5.41) is 9.84. The zero-order chi connectivity index (χ0) is 8.72. The minimum atomic E-state index is -0.438. The Kier molecular flexibility index (Phi) is 1.73. The zero-order valence-electron chi connectivity index (χ0n) is 6.23. The van der Waals surface area contributed by atoms with E-state index >= 15 is 0 Å². The molecule has 64 valence electrons. The van der Waals surface area contributed by atoms with Crippen molar-refractivity contribution in [3.05, 3.63) is 11.3 Å². The summed E-state index contributed by atoms with van der Waals surface area (Å²) in [5.74, 6) is 0.660. The van der Waals surface area contributed by atoms with Gasteiger partial charge in [-0.2, -0.15) is 5.10 Å². The van der Waals surface area contributed by atoms with Gasteiger partial charge in [-0.1, -0.05) is 11.6 Å². The fourth-order valence-electron chi connectivity index (χ4n) is 1.12. The highest BCUT2D eigenvalue weighted by Gasteiger charge is 2.23. The first-order valence-electron chi connectivity index (χ1n) is 3.37. The van der Waals surface area contributed by atoms with Gasteiger partial charge in [0.05, 0.1) is 5.56 Å². The van der Waals surface area contributed by atoms with E-state index in [1.165, 1.54) is 0 Å². The van der Waals surface area contributed by atoms with Gasteiger partial charge < -0.3 is 5.32 Å². The summed E-state index contributed by atoms with van der Waals surface area (Å²) in [7, 11) is 0. The topological polar surface area (TPSA) is 53.1 Å². The Morgan fingerprint density at radius 2 is 2.25 bits per heavy atom. The molecule has 0 saturated carbocycles. The maximum atomic E-state index is 5.92. The molecule has 0 radical (unpaired) electrons. The van der Waals surface area contributed by atoms with Crippen LogP contribution in [-0.4, -0.2) is 15.5 Å². The molecular weight excluding hydrogens is 199 g/mol. The monoisotopic (exact) mass is 204 g/mol. The van der Waals surface area contributed by atoms with Crippen LogP contribution in [0, 0.1) is 6.92 Å². The normalized spacial score (nSPS) is 21.2. The van der Waals surface area contributed by atoms with Gasteiger partial charge in [0, 0.05) is 5.69 Å². The van der Waals surface area contributed by atoms with Crippen LogP contribution >= 0.6 is 23.2 Å². The molecule has 1 unspecified atom stereocenters. The number of fused-ring (bicyclic) bond motifs is 1. The fraction of sp³-hybridized carbons (Fsp3) is 0.333. The van der Waals surface area contributed by atoms with E-state index < -0.39 is 5.50 Å². The second kappa shape index (κ2) is 2.64. The van der Waals surface area contributed by atoms with Gasteiger partial charge in [-0.15, -0.1) is 0 Å². The Balaban J connectivity index is 2.51. The molecule has 1 aromatic rings. The molecule has 0 aliphatic carbocycles. The Labute approximate surface area is 79.0 Å². The number of nitrogens with one attached hydrogen (secondary N) is 2. The van der Waals surface area contributed by atoms with E-state index in [0.29, 0.717) is 5.82 Å². The molecule has 12 heavy (non-hydrogen) atoms. The number of alkyl halides is 1. The maximum Gasteiger partial charge on any atom is 0.198 e. The molecular formula is C6H6Cl2N4. The minimum Gasteiger partial charge on any atom is -0.313 e. The first-order valence-corrected chi connectivity index (χ1v) is 4.19. The summed E-state index contributed by atoms with van der Waals surface area (Å²) in [4.78, 5) is 3.93. The number of hydrogen-bond acceptors (Lipinski definition) is 3. The predicted molar refractivity (Wildman–Crippen MR) is 48.8 cm³/mol. The van der Waals surface area contributed by atoms with Gasteiger partial charge in [0.2, 0.25) is 0 Å². The van der Waals surface area contributed by atoms with E-state index in [4.69, 9.17) is 23.2 Å². The van der Waals surface area contributed by atoms with Crippen LogP contribution in [0.5, 0.6) is 0 Å². The van der Waals surface area contributed by atoms with Crippen molar-refractivity contribution in [3.8, 4) is 0 Å². The molecule has 2 heterocycles. The van der Waals surface area contributed by atoms with Crippen LogP contribution in [0.3, 0.4) is 0 Å². The fourth-order valence-corrected chi connectivity index (χ4v) is 1.72. The lowest BCUT2D eigenvalue weighted by atomic mass is 10.2. The smallest absolute Gasteiger partial charge is 0.198 e. The Bertz CT molecular complexity index is 343. The van der Waals surface area contributed by atoms with Crippen LogP contribution in [0.25, 0.3) is 0 Å². The molecule has 2 rings (SSSR count). The van der Waals surface area contributed by atoms with Crippen molar-refractivity contribution < 1.29 is 0 Å². The molecule has 0 amide bonds. The number of aromatic nitrogens is 2. The standard InChI is InChI=1S/C6H6Cl2N4/c1-2-3-4(7)9-6(8)10-5(3)12-11-2/h4H,1H3,(H2,9,10,11,12). The number of H-pyrrole nitrogens is 1.